The lowest BCUT2D eigenvalue weighted by Crippen LogP contribution is -2.02. The van der Waals surface area contributed by atoms with Gasteiger partial charge in [0, 0.05) is 0 Å². The van der Waals surface area contributed by atoms with Crippen molar-refractivity contribution >= 4 is 19.7 Å². The summed E-state index contributed by atoms with van der Waals surface area (Å²) in [6, 6.07) is 24.8. The zero-order valence-electron chi connectivity index (χ0n) is 22.6. The number of hydrogen-bond acceptors (Lipinski definition) is 8. The van der Waals surface area contributed by atoms with Gasteiger partial charge in [-0.15, -0.1) is 0 Å². The molecule has 0 saturated heterocycles. The maximum absolute atomic E-state index is 12.9. The average molecular weight is 595 g/mol. The third-order valence-electron chi connectivity index (χ3n) is 5.80. The molecule has 0 bridgehead atoms. The fourth-order valence-corrected chi connectivity index (χ4v) is 6.28. The molecule has 0 spiro atoms. The minimum Gasteiger partial charge on any atom is -0.494 e. The molecule has 0 N–H and O–H groups in total. The summed E-state index contributed by atoms with van der Waals surface area (Å²) in [5.41, 5.74) is 0. The van der Waals surface area contributed by atoms with E-state index in [1.807, 2.05) is 13.8 Å². The maximum atomic E-state index is 12.9. The van der Waals surface area contributed by atoms with Gasteiger partial charge in [0.2, 0.25) is 19.7 Å². The van der Waals surface area contributed by atoms with Crippen molar-refractivity contribution in [2.75, 3.05) is 19.8 Å². The van der Waals surface area contributed by atoms with Gasteiger partial charge < -0.3 is 18.9 Å². The van der Waals surface area contributed by atoms with Crippen molar-refractivity contribution in [3.05, 3.63) is 109 Å². The van der Waals surface area contributed by atoms with E-state index in [4.69, 9.17) is 18.9 Å². The molecule has 0 atom stereocenters. The van der Waals surface area contributed by atoms with E-state index in [-0.39, 0.29) is 26.2 Å². The van der Waals surface area contributed by atoms with E-state index in [1.165, 1.54) is 54.8 Å². The second-order valence-electron chi connectivity index (χ2n) is 8.56. The van der Waals surface area contributed by atoms with Crippen LogP contribution in [0.4, 0.5) is 0 Å². The van der Waals surface area contributed by atoms with Crippen LogP contribution in [0.25, 0.3) is 0 Å². The molecule has 0 aliphatic carbocycles. The summed E-state index contributed by atoms with van der Waals surface area (Å²) in [6.07, 6.45) is 3.07. The van der Waals surface area contributed by atoms with Crippen molar-refractivity contribution in [1.29, 1.82) is 0 Å². The fraction of sp³-hybridized carbons (Fsp3) is 0.161. The van der Waals surface area contributed by atoms with Crippen LogP contribution in [0.5, 0.6) is 23.0 Å². The Morgan fingerprint density at radius 2 is 0.805 bits per heavy atom. The van der Waals surface area contributed by atoms with Crippen LogP contribution in [-0.4, -0.2) is 36.7 Å². The van der Waals surface area contributed by atoms with Crippen LogP contribution in [0.2, 0.25) is 0 Å². The van der Waals surface area contributed by atoms with Gasteiger partial charge in [0.15, 0.2) is 0 Å². The number of rotatable bonds is 13. The molecule has 10 heteroatoms. The molecule has 4 aromatic carbocycles. The molecule has 0 amide bonds. The van der Waals surface area contributed by atoms with Crippen molar-refractivity contribution in [3.8, 4) is 23.0 Å². The first-order valence-corrected chi connectivity index (χ1v) is 15.8. The Morgan fingerprint density at radius 3 is 1.15 bits per heavy atom. The van der Waals surface area contributed by atoms with Gasteiger partial charge in [0.25, 0.3) is 0 Å². The number of benzene rings is 4. The standard InChI is InChI=1S/C31H30O8S2/c1-3-36-24-6-14-28(15-7-24)40(32,33)30-18-10-26(11-19-30)38-22-5-23-39-27-12-20-31(21-13-27)41(34,35)29-16-8-25(9-17-29)37-4-2/h5-22H,3-4,23H2,1-2H3. The predicted molar refractivity (Wildman–Crippen MR) is 154 cm³/mol. The van der Waals surface area contributed by atoms with Crippen LogP contribution in [0, 0.1) is 0 Å². The lowest BCUT2D eigenvalue weighted by Gasteiger charge is -2.08. The predicted octanol–water partition coefficient (Wildman–Crippen LogP) is 6.12. The molecular formula is C31H30O8S2. The minimum absolute atomic E-state index is 0.148. The third kappa shape index (κ3) is 7.47. The SMILES string of the molecule is CCOc1ccc(S(=O)(=O)c2ccc(OC=CCOc3ccc(S(=O)(=O)c4ccc(OCC)cc4)cc3)cc2)cc1. The second kappa shape index (κ2) is 13.4. The van der Waals surface area contributed by atoms with Gasteiger partial charge in [-0.1, -0.05) is 0 Å². The molecule has 0 fully saturated rings. The zero-order valence-corrected chi connectivity index (χ0v) is 24.2. The largest absolute Gasteiger partial charge is 0.494 e. The highest BCUT2D eigenvalue weighted by atomic mass is 32.2. The van der Waals surface area contributed by atoms with E-state index < -0.39 is 19.7 Å². The Bertz CT molecular complexity index is 1660. The number of ether oxygens (including phenoxy) is 4. The molecule has 8 nitrogen and oxygen atoms in total. The molecule has 0 heterocycles. The Labute approximate surface area is 240 Å². The lowest BCUT2D eigenvalue weighted by atomic mass is 10.3. The quantitative estimate of drug-likeness (QED) is 0.171. The lowest BCUT2D eigenvalue weighted by molar-refractivity contribution is 0.340. The highest BCUT2D eigenvalue weighted by Crippen LogP contribution is 2.26. The van der Waals surface area contributed by atoms with E-state index in [0.717, 1.165) is 0 Å². The Hall–Kier alpha value is -4.28. The highest BCUT2D eigenvalue weighted by molar-refractivity contribution is 7.91. The zero-order chi connectivity index (χ0) is 29.3. The van der Waals surface area contributed by atoms with E-state index in [2.05, 4.69) is 0 Å². The van der Waals surface area contributed by atoms with Gasteiger partial charge in [0.1, 0.15) is 29.6 Å². The van der Waals surface area contributed by atoms with Gasteiger partial charge in [-0.25, -0.2) is 16.8 Å². The molecule has 0 radical (unpaired) electrons. The monoisotopic (exact) mass is 594 g/mol. The van der Waals surface area contributed by atoms with E-state index in [1.54, 1.807) is 54.6 Å². The molecular weight excluding hydrogens is 564 g/mol. The summed E-state index contributed by atoms with van der Waals surface area (Å²) in [7, 11) is -7.34. The summed E-state index contributed by atoms with van der Waals surface area (Å²) in [4.78, 5) is 0.653. The summed E-state index contributed by atoms with van der Waals surface area (Å²) in [5, 5.41) is 0. The van der Waals surface area contributed by atoms with Crippen molar-refractivity contribution in [3.63, 3.8) is 0 Å². The van der Waals surface area contributed by atoms with Crippen LogP contribution in [-0.2, 0) is 19.7 Å². The molecule has 214 valence electrons. The maximum Gasteiger partial charge on any atom is 0.206 e. The van der Waals surface area contributed by atoms with Crippen molar-refractivity contribution in [1.82, 2.24) is 0 Å². The van der Waals surface area contributed by atoms with Crippen molar-refractivity contribution < 1.29 is 35.8 Å². The molecule has 41 heavy (non-hydrogen) atoms. The normalized spacial score (nSPS) is 11.8. The van der Waals surface area contributed by atoms with E-state index in [9.17, 15) is 16.8 Å². The van der Waals surface area contributed by atoms with Crippen LogP contribution in [0.15, 0.2) is 129 Å². The van der Waals surface area contributed by atoms with Crippen molar-refractivity contribution in [2.24, 2.45) is 0 Å². The van der Waals surface area contributed by atoms with Gasteiger partial charge in [-0.3, -0.25) is 0 Å². The fourth-order valence-electron chi connectivity index (χ4n) is 3.76. The first-order chi connectivity index (χ1) is 19.7. The molecule has 0 aliphatic heterocycles. The van der Waals surface area contributed by atoms with Crippen LogP contribution >= 0.6 is 0 Å². The smallest absolute Gasteiger partial charge is 0.206 e. The van der Waals surface area contributed by atoms with Crippen LogP contribution in [0.1, 0.15) is 13.8 Å². The molecule has 0 saturated carbocycles. The molecule has 0 aromatic heterocycles. The van der Waals surface area contributed by atoms with Gasteiger partial charge in [-0.2, -0.15) is 0 Å². The summed E-state index contributed by atoms with van der Waals surface area (Å²) >= 11 is 0. The van der Waals surface area contributed by atoms with E-state index >= 15 is 0 Å². The Morgan fingerprint density at radius 1 is 0.488 bits per heavy atom. The topological polar surface area (TPSA) is 105 Å². The number of sulfone groups is 2. The summed E-state index contributed by atoms with van der Waals surface area (Å²) in [5.74, 6) is 2.16. The third-order valence-corrected chi connectivity index (χ3v) is 9.38. The molecule has 0 aliphatic rings. The highest BCUT2D eigenvalue weighted by Gasteiger charge is 2.19. The molecule has 4 rings (SSSR count). The first-order valence-electron chi connectivity index (χ1n) is 12.8. The number of hydrogen-bond donors (Lipinski definition) is 0. The summed E-state index contributed by atoms with van der Waals surface area (Å²) < 4.78 is 73.4. The minimum atomic E-state index is -3.67. The molecule has 0 unspecified atom stereocenters. The Kier molecular flexibility index (Phi) is 9.69. The average Bonchev–Trinajstić information content (AvgIpc) is 2.98. The first kappa shape index (κ1) is 29.7. The van der Waals surface area contributed by atoms with Gasteiger partial charge in [0.05, 0.1) is 39.1 Å². The van der Waals surface area contributed by atoms with Crippen LogP contribution in [0.3, 0.4) is 0 Å². The second-order valence-corrected chi connectivity index (χ2v) is 12.5. The van der Waals surface area contributed by atoms with E-state index in [0.29, 0.717) is 36.2 Å². The van der Waals surface area contributed by atoms with Crippen molar-refractivity contribution in [2.45, 2.75) is 33.4 Å². The van der Waals surface area contributed by atoms with Gasteiger partial charge >= 0.3 is 0 Å². The van der Waals surface area contributed by atoms with Crippen LogP contribution < -0.4 is 18.9 Å². The Balaban J connectivity index is 1.28. The summed E-state index contributed by atoms with van der Waals surface area (Å²) in [6.45, 7) is 4.89. The van der Waals surface area contributed by atoms with Gasteiger partial charge in [-0.05, 0) is 117 Å². The molecule has 4 aromatic rings.